The number of nitrogens with one attached hydrogen (secondary N) is 2. The highest BCUT2D eigenvalue weighted by Gasteiger charge is 2.01. The zero-order valence-electron chi connectivity index (χ0n) is 8.28. The van der Waals surface area contributed by atoms with Crippen molar-refractivity contribution in [1.29, 1.82) is 5.26 Å². The molecule has 0 atom stereocenters. The number of nitriles is 1. The van der Waals surface area contributed by atoms with Crippen LogP contribution in [0.5, 0.6) is 0 Å². The van der Waals surface area contributed by atoms with E-state index in [1.807, 2.05) is 19.1 Å². The zero-order valence-corrected chi connectivity index (χ0v) is 8.28. The molecule has 74 valence electrons. The summed E-state index contributed by atoms with van der Waals surface area (Å²) in [5.74, 6) is 0. The molecule has 4 heteroatoms. The maximum absolute atomic E-state index is 8.78. The quantitative estimate of drug-likeness (QED) is 0.778. The summed E-state index contributed by atoms with van der Waals surface area (Å²) in [4.78, 5) is 0. The molecule has 0 saturated carbocycles. The Kier molecular flexibility index (Phi) is 2.38. The van der Waals surface area contributed by atoms with Crippen LogP contribution in [0.1, 0.15) is 11.1 Å². The summed E-state index contributed by atoms with van der Waals surface area (Å²) >= 11 is 0. The Morgan fingerprint density at radius 2 is 2.33 bits per heavy atom. The molecule has 0 unspecified atom stereocenters. The summed E-state index contributed by atoms with van der Waals surface area (Å²) in [7, 11) is 0. The van der Waals surface area contributed by atoms with Crippen molar-refractivity contribution in [1.82, 2.24) is 10.2 Å². The van der Waals surface area contributed by atoms with Gasteiger partial charge in [-0.3, -0.25) is 5.10 Å². The molecule has 0 aliphatic rings. The normalized spacial score (nSPS) is 9.60. The molecule has 0 amide bonds. The number of aromatic amines is 1. The van der Waals surface area contributed by atoms with Crippen LogP contribution in [0.4, 0.5) is 11.4 Å². The molecule has 0 radical (unpaired) electrons. The first-order valence-electron chi connectivity index (χ1n) is 4.56. The van der Waals surface area contributed by atoms with Gasteiger partial charge in [-0.15, -0.1) is 0 Å². The fourth-order valence-electron chi connectivity index (χ4n) is 1.30. The highest BCUT2D eigenvalue weighted by atomic mass is 15.1. The molecule has 0 aliphatic carbocycles. The van der Waals surface area contributed by atoms with Gasteiger partial charge in [0.05, 0.1) is 23.5 Å². The number of H-pyrrole nitrogens is 1. The van der Waals surface area contributed by atoms with Crippen LogP contribution in [0.25, 0.3) is 0 Å². The summed E-state index contributed by atoms with van der Waals surface area (Å²) in [6, 6.07) is 7.65. The van der Waals surface area contributed by atoms with E-state index in [0.29, 0.717) is 5.56 Å². The highest BCUT2D eigenvalue weighted by molar-refractivity contribution is 5.63. The lowest BCUT2D eigenvalue weighted by atomic mass is 10.1. The van der Waals surface area contributed by atoms with E-state index in [4.69, 9.17) is 5.26 Å². The third-order valence-corrected chi connectivity index (χ3v) is 2.14. The molecule has 0 saturated heterocycles. The number of rotatable bonds is 2. The van der Waals surface area contributed by atoms with Gasteiger partial charge in [0.15, 0.2) is 0 Å². The Hall–Kier alpha value is -2.28. The summed E-state index contributed by atoms with van der Waals surface area (Å²) in [5, 5.41) is 18.5. The second kappa shape index (κ2) is 3.84. The standard InChI is InChI=1S/C11H10N4/c1-8-2-3-9(5-12)4-11(8)15-10-6-13-14-7-10/h2-4,6-7,15H,1H3,(H,13,14). The van der Waals surface area contributed by atoms with Gasteiger partial charge in [-0.1, -0.05) is 6.07 Å². The molecule has 0 bridgehead atoms. The zero-order chi connectivity index (χ0) is 10.7. The van der Waals surface area contributed by atoms with E-state index in [1.54, 1.807) is 18.5 Å². The van der Waals surface area contributed by atoms with Crippen LogP contribution < -0.4 is 5.32 Å². The SMILES string of the molecule is Cc1ccc(C#N)cc1Nc1cn[nH]c1. The molecule has 0 fully saturated rings. The minimum atomic E-state index is 0.645. The molecule has 1 aromatic carbocycles. The summed E-state index contributed by atoms with van der Waals surface area (Å²) in [6.45, 7) is 1.99. The molecule has 0 spiro atoms. The summed E-state index contributed by atoms with van der Waals surface area (Å²) in [5.41, 5.74) is 3.55. The Morgan fingerprint density at radius 3 is 3.00 bits per heavy atom. The Labute approximate surface area is 87.6 Å². The number of hydrogen-bond acceptors (Lipinski definition) is 3. The van der Waals surface area contributed by atoms with Gasteiger partial charge < -0.3 is 5.32 Å². The van der Waals surface area contributed by atoms with Crippen molar-refractivity contribution >= 4 is 11.4 Å². The van der Waals surface area contributed by atoms with E-state index in [2.05, 4.69) is 21.6 Å². The van der Waals surface area contributed by atoms with Crippen LogP contribution in [-0.4, -0.2) is 10.2 Å². The molecular formula is C11H10N4. The van der Waals surface area contributed by atoms with Crippen molar-refractivity contribution in [2.24, 2.45) is 0 Å². The molecule has 1 aromatic heterocycles. The van der Waals surface area contributed by atoms with Crippen molar-refractivity contribution in [3.8, 4) is 6.07 Å². The fraction of sp³-hybridized carbons (Fsp3) is 0.0909. The fourth-order valence-corrected chi connectivity index (χ4v) is 1.30. The van der Waals surface area contributed by atoms with Gasteiger partial charge >= 0.3 is 0 Å². The average molecular weight is 198 g/mol. The molecule has 1 heterocycles. The molecule has 2 rings (SSSR count). The monoisotopic (exact) mass is 198 g/mol. The first-order chi connectivity index (χ1) is 7.29. The van der Waals surface area contributed by atoms with Crippen LogP contribution in [0.3, 0.4) is 0 Å². The molecule has 2 N–H and O–H groups in total. The van der Waals surface area contributed by atoms with Crippen molar-refractivity contribution in [2.45, 2.75) is 6.92 Å². The minimum Gasteiger partial charge on any atom is -0.353 e. The number of benzene rings is 1. The molecule has 2 aromatic rings. The largest absolute Gasteiger partial charge is 0.353 e. The topological polar surface area (TPSA) is 64.5 Å². The Balaban J connectivity index is 2.32. The molecule has 0 aliphatic heterocycles. The smallest absolute Gasteiger partial charge is 0.0992 e. The van der Waals surface area contributed by atoms with Crippen LogP contribution in [-0.2, 0) is 0 Å². The second-order valence-corrected chi connectivity index (χ2v) is 3.25. The van der Waals surface area contributed by atoms with Crippen LogP contribution in [0.15, 0.2) is 30.6 Å². The van der Waals surface area contributed by atoms with Crippen molar-refractivity contribution in [3.05, 3.63) is 41.7 Å². The number of nitrogens with zero attached hydrogens (tertiary/aromatic N) is 2. The predicted octanol–water partition coefficient (Wildman–Crippen LogP) is 2.33. The average Bonchev–Trinajstić information content (AvgIpc) is 2.74. The van der Waals surface area contributed by atoms with E-state index in [0.717, 1.165) is 16.9 Å². The van der Waals surface area contributed by atoms with E-state index in [9.17, 15) is 0 Å². The maximum atomic E-state index is 8.78. The second-order valence-electron chi connectivity index (χ2n) is 3.25. The lowest BCUT2D eigenvalue weighted by Gasteiger charge is -2.07. The minimum absolute atomic E-state index is 0.645. The van der Waals surface area contributed by atoms with Crippen molar-refractivity contribution in [2.75, 3.05) is 5.32 Å². The number of aromatic nitrogens is 2. The molecular weight excluding hydrogens is 188 g/mol. The third-order valence-electron chi connectivity index (χ3n) is 2.14. The number of aryl methyl sites for hydroxylation is 1. The van der Waals surface area contributed by atoms with E-state index < -0.39 is 0 Å². The first kappa shape index (κ1) is 9.28. The van der Waals surface area contributed by atoms with E-state index in [1.165, 1.54) is 0 Å². The van der Waals surface area contributed by atoms with Crippen molar-refractivity contribution in [3.63, 3.8) is 0 Å². The maximum Gasteiger partial charge on any atom is 0.0992 e. The Bertz CT molecular complexity index is 494. The number of hydrogen-bond donors (Lipinski definition) is 2. The van der Waals surface area contributed by atoms with Gasteiger partial charge in [-0.05, 0) is 24.6 Å². The van der Waals surface area contributed by atoms with Gasteiger partial charge in [0.1, 0.15) is 0 Å². The first-order valence-corrected chi connectivity index (χ1v) is 4.56. The molecule has 15 heavy (non-hydrogen) atoms. The lowest BCUT2D eigenvalue weighted by Crippen LogP contribution is -1.92. The van der Waals surface area contributed by atoms with Crippen LogP contribution in [0.2, 0.25) is 0 Å². The molecule has 4 nitrogen and oxygen atoms in total. The van der Waals surface area contributed by atoms with Crippen LogP contribution in [0, 0.1) is 18.3 Å². The van der Waals surface area contributed by atoms with Crippen LogP contribution >= 0.6 is 0 Å². The number of anilines is 2. The summed E-state index contributed by atoms with van der Waals surface area (Å²) in [6.07, 6.45) is 3.46. The van der Waals surface area contributed by atoms with Gasteiger partial charge in [-0.2, -0.15) is 10.4 Å². The highest BCUT2D eigenvalue weighted by Crippen LogP contribution is 2.20. The third kappa shape index (κ3) is 1.97. The van der Waals surface area contributed by atoms with Gasteiger partial charge in [0.25, 0.3) is 0 Å². The summed E-state index contributed by atoms with van der Waals surface area (Å²) < 4.78 is 0. The van der Waals surface area contributed by atoms with E-state index in [-0.39, 0.29) is 0 Å². The van der Waals surface area contributed by atoms with E-state index >= 15 is 0 Å². The Morgan fingerprint density at radius 1 is 1.47 bits per heavy atom. The van der Waals surface area contributed by atoms with Gasteiger partial charge in [0, 0.05) is 11.9 Å². The van der Waals surface area contributed by atoms with Crippen molar-refractivity contribution < 1.29 is 0 Å². The van der Waals surface area contributed by atoms with Gasteiger partial charge in [-0.25, -0.2) is 0 Å². The lowest BCUT2D eigenvalue weighted by molar-refractivity contribution is 1.09. The predicted molar refractivity (Wildman–Crippen MR) is 57.8 cm³/mol. The van der Waals surface area contributed by atoms with Gasteiger partial charge in [0.2, 0.25) is 0 Å².